The summed E-state index contributed by atoms with van der Waals surface area (Å²) in [5.74, 6) is 1.60. The molecule has 0 saturated heterocycles. The van der Waals surface area contributed by atoms with Crippen LogP contribution < -0.4 is 5.32 Å². The second-order valence-electron chi connectivity index (χ2n) is 10.9. The lowest BCUT2D eigenvalue weighted by Gasteiger charge is -2.50. The van der Waals surface area contributed by atoms with Gasteiger partial charge in [0.1, 0.15) is 5.82 Å². The Morgan fingerprint density at radius 3 is 2.94 bits per heavy atom. The lowest BCUT2D eigenvalue weighted by Crippen LogP contribution is -2.41. The highest BCUT2D eigenvalue weighted by atomic mass is 19.1. The summed E-state index contributed by atoms with van der Waals surface area (Å²) in [4.78, 5) is 16.8. The van der Waals surface area contributed by atoms with Crippen LogP contribution in [0.4, 0.5) is 4.39 Å². The number of aromatic nitrogens is 1. The first-order valence-electron chi connectivity index (χ1n) is 12.7. The van der Waals surface area contributed by atoms with E-state index >= 15 is 0 Å². The number of aliphatic hydroxyl groups excluding tert-OH is 1. The zero-order valence-corrected chi connectivity index (χ0v) is 20.2. The third-order valence-electron chi connectivity index (χ3n) is 8.82. The third kappa shape index (κ3) is 4.08. The van der Waals surface area contributed by atoms with Gasteiger partial charge in [0.15, 0.2) is 0 Å². The number of hydrogen-bond acceptors (Lipinski definition) is 3. The predicted octanol–water partition coefficient (Wildman–Crippen LogP) is 5.52. The first-order chi connectivity index (χ1) is 16.4. The van der Waals surface area contributed by atoms with Gasteiger partial charge < -0.3 is 10.4 Å². The Hall–Kier alpha value is -2.53. The van der Waals surface area contributed by atoms with Crippen LogP contribution in [0.3, 0.4) is 0 Å². The summed E-state index contributed by atoms with van der Waals surface area (Å²) in [5, 5.41) is 12.2. The molecule has 0 radical (unpaired) electrons. The molecule has 3 aliphatic carbocycles. The van der Waals surface area contributed by atoms with E-state index in [1.807, 2.05) is 19.2 Å². The molecule has 0 bridgehead atoms. The molecule has 5 rings (SSSR count). The van der Waals surface area contributed by atoms with E-state index in [1.54, 1.807) is 6.07 Å². The fraction of sp³-hybridized carbons (Fsp3) is 0.517. The number of rotatable bonds is 6. The van der Waals surface area contributed by atoms with Gasteiger partial charge in [0.2, 0.25) is 0 Å². The summed E-state index contributed by atoms with van der Waals surface area (Å²) >= 11 is 0. The highest BCUT2D eigenvalue weighted by molar-refractivity contribution is 5.94. The molecular weight excluding hydrogens is 427 g/mol. The molecular formula is C29H35FN2O2. The number of aryl methyl sites for hydroxylation is 1. The van der Waals surface area contributed by atoms with Gasteiger partial charge in [-0.15, -0.1) is 0 Å². The smallest absolute Gasteiger partial charge is 0.251 e. The standard InChI is InChI=1S/C29H35FN2O2/c1-18(17-33)10-12-32-28(34)20-4-5-23-19(13-20)3-6-25-24(23)9-11-29(2)26(7-8-27(25)29)21-14-22(30)16-31-15-21/h4-5,7,13-16,18,24-25,27,33H,3,6,8-12,17H2,1-2H3,(H,32,34)/t18-,24-,25-,27+,29-/m1/s1. The molecule has 3 aliphatic rings. The van der Waals surface area contributed by atoms with Crippen molar-refractivity contribution in [3.63, 3.8) is 0 Å². The first-order valence-corrected chi connectivity index (χ1v) is 12.7. The number of nitrogens with one attached hydrogen (secondary N) is 1. The van der Waals surface area contributed by atoms with E-state index in [9.17, 15) is 9.18 Å². The molecule has 1 heterocycles. The van der Waals surface area contributed by atoms with Crippen molar-refractivity contribution < 1.29 is 14.3 Å². The van der Waals surface area contributed by atoms with Crippen molar-refractivity contribution in [2.45, 2.75) is 58.3 Å². The molecule has 34 heavy (non-hydrogen) atoms. The summed E-state index contributed by atoms with van der Waals surface area (Å²) in [7, 11) is 0. The van der Waals surface area contributed by atoms with Crippen molar-refractivity contribution >= 4 is 11.5 Å². The van der Waals surface area contributed by atoms with Crippen LogP contribution in [0.2, 0.25) is 0 Å². The molecule has 1 saturated carbocycles. The number of nitrogens with zero attached hydrogens (tertiary/aromatic N) is 1. The molecule has 2 N–H and O–H groups in total. The van der Waals surface area contributed by atoms with Crippen molar-refractivity contribution in [2.24, 2.45) is 23.2 Å². The number of pyridine rings is 1. The maximum atomic E-state index is 13.9. The van der Waals surface area contributed by atoms with Gasteiger partial charge in [-0.05, 0) is 108 Å². The van der Waals surface area contributed by atoms with Gasteiger partial charge >= 0.3 is 0 Å². The predicted molar refractivity (Wildman–Crippen MR) is 132 cm³/mol. The van der Waals surface area contributed by atoms with E-state index in [4.69, 9.17) is 5.11 Å². The zero-order chi connectivity index (χ0) is 23.9. The Balaban J connectivity index is 1.31. The number of halogens is 1. The van der Waals surface area contributed by atoms with Crippen molar-refractivity contribution in [3.8, 4) is 0 Å². The van der Waals surface area contributed by atoms with Crippen LogP contribution in [0.1, 0.15) is 78.9 Å². The van der Waals surface area contributed by atoms with Crippen LogP contribution in [0.25, 0.3) is 5.57 Å². The molecule has 180 valence electrons. The Morgan fingerprint density at radius 2 is 2.15 bits per heavy atom. The quantitative estimate of drug-likeness (QED) is 0.594. The number of hydrogen-bond donors (Lipinski definition) is 2. The minimum absolute atomic E-state index is 0.0281. The van der Waals surface area contributed by atoms with Crippen LogP contribution in [-0.2, 0) is 6.42 Å². The molecule has 5 atom stereocenters. The molecule has 0 aliphatic heterocycles. The average molecular weight is 463 g/mol. The van der Waals surface area contributed by atoms with E-state index in [-0.39, 0.29) is 29.7 Å². The number of carbonyl (C=O) groups excluding carboxylic acids is 1. The van der Waals surface area contributed by atoms with Gasteiger partial charge in [-0.2, -0.15) is 0 Å². The summed E-state index contributed by atoms with van der Waals surface area (Å²) in [6.07, 6.45) is 11.6. The molecule has 5 heteroatoms. The van der Waals surface area contributed by atoms with Crippen LogP contribution in [0.15, 0.2) is 42.7 Å². The largest absolute Gasteiger partial charge is 0.396 e. The molecule has 2 aromatic rings. The first kappa shape index (κ1) is 23.2. The van der Waals surface area contributed by atoms with Crippen molar-refractivity contribution in [2.75, 3.05) is 13.2 Å². The Kier molecular flexibility index (Phi) is 6.32. The second-order valence-corrected chi connectivity index (χ2v) is 10.9. The third-order valence-corrected chi connectivity index (χ3v) is 8.82. The molecule has 1 aromatic carbocycles. The highest BCUT2D eigenvalue weighted by Gasteiger charge is 2.52. The normalized spacial score (nSPS) is 28.4. The highest BCUT2D eigenvalue weighted by Crippen LogP contribution is 2.63. The lowest BCUT2D eigenvalue weighted by atomic mass is 9.54. The van der Waals surface area contributed by atoms with Gasteiger partial charge in [0.05, 0.1) is 6.20 Å². The van der Waals surface area contributed by atoms with Gasteiger partial charge in [0.25, 0.3) is 5.91 Å². The maximum absolute atomic E-state index is 13.9. The fourth-order valence-corrected chi connectivity index (χ4v) is 6.92. The topological polar surface area (TPSA) is 62.2 Å². The minimum Gasteiger partial charge on any atom is -0.396 e. The fourth-order valence-electron chi connectivity index (χ4n) is 6.92. The SMILES string of the molecule is C[C@@H](CO)CCNC(=O)c1ccc2c(c1)CC[C@@H]1[C@@H]2CC[C@]2(C)C(c3cncc(F)c3)=CC[C@@H]12. The molecule has 1 amide bonds. The minimum atomic E-state index is -0.270. The number of fused-ring (bicyclic) bond motifs is 5. The van der Waals surface area contributed by atoms with Gasteiger partial charge in [-0.25, -0.2) is 4.39 Å². The van der Waals surface area contributed by atoms with E-state index in [2.05, 4.69) is 35.4 Å². The number of allylic oxidation sites excluding steroid dienone is 2. The molecule has 4 nitrogen and oxygen atoms in total. The molecule has 0 spiro atoms. The van der Waals surface area contributed by atoms with E-state index in [0.29, 0.717) is 24.3 Å². The Labute approximate surface area is 201 Å². The second kappa shape index (κ2) is 9.26. The summed E-state index contributed by atoms with van der Waals surface area (Å²) < 4.78 is 13.9. The number of benzene rings is 1. The van der Waals surface area contributed by atoms with Crippen molar-refractivity contribution in [1.29, 1.82) is 0 Å². The van der Waals surface area contributed by atoms with E-state index in [1.165, 1.54) is 22.9 Å². The number of amides is 1. The maximum Gasteiger partial charge on any atom is 0.251 e. The van der Waals surface area contributed by atoms with Crippen LogP contribution >= 0.6 is 0 Å². The Morgan fingerprint density at radius 1 is 1.29 bits per heavy atom. The van der Waals surface area contributed by atoms with Gasteiger partial charge in [0, 0.05) is 24.9 Å². The van der Waals surface area contributed by atoms with Gasteiger partial charge in [-0.3, -0.25) is 9.78 Å². The number of aliphatic hydroxyl groups is 1. The molecule has 0 unspecified atom stereocenters. The number of carbonyl (C=O) groups is 1. The summed E-state index contributed by atoms with van der Waals surface area (Å²) in [5.41, 5.74) is 5.75. The van der Waals surface area contributed by atoms with Gasteiger partial charge in [-0.1, -0.05) is 26.0 Å². The average Bonchev–Trinajstić information content (AvgIpc) is 3.20. The Bertz CT molecular complexity index is 1110. The van der Waals surface area contributed by atoms with Crippen LogP contribution in [0, 0.1) is 29.0 Å². The summed E-state index contributed by atoms with van der Waals surface area (Å²) in [6.45, 7) is 5.08. The van der Waals surface area contributed by atoms with Crippen molar-refractivity contribution in [3.05, 3.63) is 70.8 Å². The lowest BCUT2D eigenvalue weighted by molar-refractivity contribution is 0.0884. The summed E-state index contributed by atoms with van der Waals surface area (Å²) in [6, 6.07) is 7.91. The molecule has 1 fully saturated rings. The monoisotopic (exact) mass is 462 g/mol. The zero-order valence-electron chi connectivity index (χ0n) is 20.2. The van der Waals surface area contributed by atoms with E-state index in [0.717, 1.165) is 49.7 Å². The van der Waals surface area contributed by atoms with Crippen LogP contribution in [-0.4, -0.2) is 29.1 Å². The van der Waals surface area contributed by atoms with Crippen LogP contribution in [0.5, 0.6) is 0 Å². The van der Waals surface area contributed by atoms with E-state index < -0.39 is 0 Å². The van der Waals surface area contributed by atoms with Crippen molar-refractivity contribution in [1.82, 2.24) is 10.3 Å². The molecule has 1 aromatic heterocycles.